The lowest BCUT2D eigenvalue weighted by Crippen LogP contribution is -1.99. The van der Waals surface area contributed by atoms with Crippen LogP contribution in [0.2, 0.25) is 0 Å². The molecule has 60 valence electrons. The maximum atomic E-state index is 11.4. The van der Waals surface area contributed by atoms with Crippen molar-refractivity contribution < 1.29 is 9.21 Å². The van der Waals surface area contributed by atoms with Crippen molar-refractivity contribution >= 4 is 17.3 Å². The summed E-state index contributed by atoms with van der Waals surface area (Å²) in [4.78, 5) is 11.4. The van der Waals surface area contributed by atoms with Crippen LogP contribution in [0.3, 0.4) is 0 Å². The minimum absolute atomic E-state index is 0.228. The first-order chi connectivity index (χ1) is 5.88. The number of nitrogens with zero attached hydrogens (tertiary/aromatic N) is 2. The van der Waals surface area contributed by atoms with Gasteiger partial charge in [0.2, 0.25) is 5.78 Å². The molecule has 0 unspecified atom stereocenters. The molecule has 2 aromatic rings. The first kappa shape index (κ1) is 7.17. The second-order valence-corrected chi connectivity index (χ2v) is 2.71. The Labute approximate surface area is 72.0 Å². The van der Waals surface area contributed by atoms with E-state index in [-0.39, 0.29) is 5.78 Å². The van der Waals surface area contributed by atoms with E-state index in [2.05, 4.69) is 9.59 Å². The molecule has 2 heterocycles. The van der Waals surface area contributed by atoms with Crippen molar-refractivity contribution in [1.29, 1.82) is 0 Å². The standard InChI is InChI=1S/C7H4N2O2S/c10-7(5-4-12-9-8-5)6-2-1-3-11-6/h1-4H. The molecule has 0 N–H and O–H groups in total. The molecular formula is C7H4N2O2S. The zero-order valence-corrected chi connectivity index (χ0v) is 6.75. The van der Waals surface area contributed by atoms with Crippen LogP contribution in [0.5, 0.6) is 0 Å². The number of furan rings is 1. The molecule has 0 bridgehead atoms. The van der Waals surface area contributed by atoms with E-state index in [0.717, 1.165) is 11.5 Å². The fourth-order valence-electron chi connectivity index (χ4n) is 0.798. The van der Waals surface area contributed by atoms with Crippen LogP contribution >= 0.6 is 11.5 Å². The first-order valence-corrected chi connectivity index (χ1v) is 4.07. The molecule has 0 saturated heterocycles. The molecule has 0 fully saturated rings. The van der Waals surface area contributed by atoms with Crippen molar-refractivity contribution in [3.05, 3.63) is 35.2 Å². The van der Waals surface area contributed by atoms with Crippen molar-refractivity contribution in [2.45, 2.75) is 0 Å². The smallest absolute Gasteiger partial charge is 0.249 e. The molecule has 0 radical (unpaired) electrons. The Morgan fingerprint density at radius 1 is 1.58 bits per heavy atom. The summed E-state index contributed by atoms with van der Waals surface area (Å²) in [5.74, 6) is 0.0662. The van der Waals surface area contributed by atoms with Gasteiger partial charge in [0, 0.05) is 5.38 Å². The molecule has 0 aliphatic rings. The van der Waals surface area contributed by atoms with Crippen LogP contribution in [0.15, 0.2) is 28.2 Å². The van der Waals surface area contributed by atoms with E-state index in [1.54, 1.807) is 17.5 Å². The summed E-state index contributed by atoms with van der Waals surface area (Å²) in [6.07, 6.45) is 1.45. The lowest BCUT2D eigenvalue weighted by Gasteiger charge is -1.87. The number of rotatable bonds is 2. The van der Waals surface area contributed by atoms with Gasteiger partial charge >= 0.3 is 0 Å². The maximum absolute atomic E-state index is 11.4. The third kappa shape index (κ3) is 1.14. The van der Waals surface area contributed by atoms with E-state index in [4.69, 9.17) is 4.42 Å². The van der Waals surface area contributed by atoms with Crippen LogP contribution in [0.25, 0.3) is 0 Å². The highest BCUT2D eigenvalue weighted by Gasteiger charge is 2.13. The summed E-state index contributed by atoms with van der Waals surface area (Å²) >= 11 is 1.14. The van der Waals surface area contributed by atoms with Crippen molar-refractivity contribution in [3.63, 3.8) is 0 Å². The molecule has 0 aliphatic heterocycles. The highest BCUT2D eigenvalue weighted by molar-refractivity contribution is 7.03. The highest BCUT2D eigenvalue weighted by atomic mass is 32.1. The van der Waals surface area contributed by atoms with Gasteiger partial charge in [-0.25, -0.2) is 0 Å². The third-order valence-corrected chi connectivity index (χ3v) is 1.84. The van der Waals surface area contributed by atoms with E-state index in [9.17, 15) is 4.79 Å². The Morgan fingerprint density at radius 2 is 2.50 bits per heavy atom. The summed E-state index contributed by atoms with van der Waals surface area (Å²) in [7, 11) is 0. The van der Waals surface area contributed by atoms with Gasteiger partial charge in [-0.1, -0.05) is 4.49 Å². The Hall–Kier alpha value is -1.49. The average Bonchev–Trinajstić information content (AvgIpc) is 2.77. The predicted octanol–water partition coefficient (Wildman–Crippen LogP) is 1.36. The number of carbonyl (C=O) groups excluding carboxylic acids is 1. The third-order valence-electron chi connectivity index (χ3n) is 1.34. The summed E-state index contributed by atoms with van der Waals surface area (Å²) in [6, 6.07) is 3.26. The van der Waals surface area contributed by atoms with Crippen LogP contribution < -0.4 is 0 Å². The van der Waals surface area contributed by atoms with Crippen LogP contribution in [-0.2, 0) is 0 Å². The summed E-state index contributed by atoms with van der Waals surface area (Å²) in [5.41, 5.74) is 0.329. The Bertz CT molecular complexity index is 330. The van der Waals surface area contributed by atoms with Crippen molar-refractivity contribution in [1.82, 2.24) is 9.59 Å². The van der Waals surface area contributed by atoms with Crippen LogP contribution in [0.4, 0.5) is 0 Å². The Morgan fingerprint density at radius 3 is 3.08 bits per heavy atom. The van der Waals surface area contributed by atoms with E-state index in [0.29, 0.717) is 11.5 Å². The molecule has 2 aromatic heterocycles. The fraction of sp³-hybridized carbons (Fsp3) is 0. The van der Waals surface area contributed by atoms with Crippen LogP contribution in [-0.4, -0.2) is 15.4 Å². The van der Waals surface area contributed by atoms with E-state index < -0.39 is 0 Å². The van der Waals surface area contributed by atoms with Gasteiger partial charge in [-0.3, -0.25) is 4.79 Å². The van der Waals surface area contributed by atoms with Gasteiger partial charge in [0.1, 0.15) is 5.69 Å². The van der Waals surface area contributed by atoms with Gasteiger partial charge in [-0.05, 0) is 23.7 Å². The fourth-order valence-corrected chi connectivity index (χ4v) is 1.23. The molecule has 12 heavy (non-hydrogen) atoms. The molecular weight excluding hydrogens is 176 g/mol. The summed E-state index contributed by atoms with van der Waals surface area (Å²) in [5, 5.41) is 5.22. The monoisotopic (exact) mass is 180 g/mol. The maximum Gasteiger partial charge on any atom is 0.249 e. The number of ketones is 1. The summed E-state index contributed by atoms with van der Waals surface area (Å²) < 4.78 is 8.49. The summed E-state index contributed by atoms with van der Waals surface area (Å²) in [6.45, 7) is 0. The SMILES string of the molecule is O=C(c1csnn1)c1ccco1. The van der Waals surface area contributed by atoms with Gasteiger partial charge < -0.3 is 4.42 Å². The zero-order valence-electron chi connectivity index (χ0n) is 5.93. The zero-order chi connectivity index (χ0) is 8.39. The van der Waals surface area contributed by atoms with Crippen LogP contribution in [0, 0.1) is 0 Å². The molecule has 0 aliphatic carbocycles. The van der Waals surface area contributed by atoms with Gasteiger partial charge in [-0.15, -0.1) is 5.10 Å². The van der Waals surface area contributed by atoms with Gasteiger partial charge in [0.15, 0.2) is 5.76 Å². The molecule has 5 heteroatoms. The number of hydrogen-bond donors (Lipinski definition) is 0. The second kappa shape index (κ2) is 2.86. The van der Waals surface area contributed by atoms with Gasteiger partial charge in [-0.2, -0.15) is 0 Å². The first-order valence-electron chi connectivity index (χ1n) is 3.23. The largest absolute Gasteiger partial charge is 0.461 e. The van der Waals surface area contributed by atoms with Gasteiger partial charge in [0.05, 0.1) is 6.26 Å². The normalized spacial score (nSPS) is 10.0. The van der Waals surface area contributed by atoms with Crippen molar-refractivity contribution in [3.8, 4) is 0 Å². The van der Waals surface area contributed by atoms with Gasteiger partial charge in [0.25, 0.3) is 0 Å². The molecule has 0 aromatic carbocycles. The lowest BCUT2D eigenvalue weighted by atomic mass is 10.2. The second-order valence-electron chi connectivity index (χ2n) is 2.10. The highest BCUT2D eigenvalue weighted by Crippen LogP contribution is 2.08. The number of hydrogen-bond acceptors (Lipinski definition) is 5. The number of carbonyl (C=O) groups is 1. The van der Waals surface area contributed by atoms with Crippen molar-refractivity contribution in [2.24, 2.45) is 0 Å². The topological polar surface area (TPSA) is 56.0 Å². The Kier molecular flexibility index (Phi) is 1.71. The van der Waals surface area contributed by atoms with E-state index in [1.165, 1.54) is 6.26 Å². The molecule has 0 spiro atoms. The number of aromatic nitrogens is 2. The quantitative estimate of drug-likeness (QED) is 0.655. The minimum atomic E-state index is -0.228. The molecule has 4 nitrogen and oxygen atoms in total. The predicted molar refractivity (Wildman–Crippen MR) is 42.0 cm³/mol. The average molecular weight is 180 g/mol. The molecule has 0 atom stereocenters. The van der Waals surface area contributed by atoms with Crippen LogP contribution in [0.1, 0.15) is 16.2 Å². The lowest BCUT2D eigenvalue weighted by molar-refractivity contribution is 0.100. The van der Waals surface area contributed by atoms with E-state index >= 15 is 0 Å². The molecule has 0 amide bonds. The molecule has 2 rings (SSSR count). The van der Waals surface area contributed by atoms with Crippen molar-refractivity contribution in [2.75, 3.05) is 0 Å². The molecule has 0 saturated carbocycles. The minimum Gasteiger partial charge on any atom is -0.461 e. The van der Waals surface area contributed by atoms with E-state index in [1.807, 2.05) is 0 Å². The Balaban J connectivity index is 2.34.